The fraction of sp³-hybridized carbons (Fsp3) is 0.231. The molecule has 1 aliphatic carbocycles. The minimum Gasteiger partial charge on any atom is -0.330 e. The Bertz CT molecular complexity index is 621. The van der Waals surface area contributed by atoms with Gasteiger partial charge < -0.3 is 5.32 Å². The second-order valence-electron chi connectivity index (χ2n) is 4.14. The highest BCUT2D eigenvalue weighted by Gasteiger charge is 2.17. The molecule has 2 aromatic rings. The van der Waals surface area contributed by atoms with E-state index in [9.17, 15) is 4.39 Å². The number of nitriles is 1. The molecule has 0 radical (unpaired) electrons. The quantitative estimate of drug-likeness (QED) is 0.899. The molecule has 0 fully saturated rings. The van der Waals surface area contributed by atoms with E-state index in [4.69, 9.17) is 5.26 Å². The first-order valence-electron chi connectivity index (χ1n) is 5.72. The van der Waals surface area contributed by atoms with E-state index in [-0.39, 0.29) is 5.56 Å². The summed E-state index contributed by atoms with van der Waals surface area (Å²) < 4.78 is 13.4. The minimum absolute atomic E-state index is 0.0351. The number of aromatic nitrogens is 1. The lowest BCUT2D eigenvalue weighted by Crippen LogP contribution is -1.96. The van der Waals surface area contributed by atoms with Gasteiger partial charge in [0.1, 0.15) is 17.4 Å². The summed E-state index contributed by atoms with van der Waals surface area (Å²) in [6.45, 7) is 0. The molecule has 0 atom stereocenters. The van der Waals surface area contributed by atoms with Crippen LogP contribution in [0.25, 0.3) is 0 Å². The van der Waals surface area contributed by atoms with Gasteiger partial charge in [-0.1, -0.05) is 6.07 Å². The summed E-state index contributed by atoms with van der Waals surface area (Å²) >= 11 is 1.59. The third-order valence-corrected chi connectivity index (χ3v) is 4.04. The number of halogens is 1. The van der Waals surface area contributed by atoms with Gasteiger partial charge in [-0.15, -0.1) is 11.3 Å². The molecule has 18 heavy (non-hydrogen) atoms. The van der Waals surface area contributed by atoms with Crippen LogP contribution in [0.5, 0.6) is 0 Å². The summed E-state index contributed by atoms with van der Waals surface area (Å²) in [6.07, 6.45) is 3.25. The molecule has 1 heterocycles. The molecule has 0 saturated carbocycles. The van der Waals surface area contributed by atoms with Crippen LogP contribution < -0.4 is 5.32 Å². The highest BCUT2D eigenvalue weighted by atomic mass is 32.1. The number of hydrogen-bond donors (Lipinski definition) is 1. The van der Waals surface area contributed by atoms with Crippen molar-refractivity contribution in [1.82, 2.24) is 4.98 Å². The first-order chi connectivity index (χ1) is 8.78. The molecule has 1 aliphatic rings. The van der Waals surface area contributed by atoms with Gasteiger partial charge in [-0.25, -0.2) is 9.37 Å². The molecule has 0 aliphatic heterocycles. The molecule has 1 N–H and O–H groups in total. The maximum Gasteiger partial charge on any atom is 0.187 e. The van der Waals surface area contributed by atoms with Crippen LogP contribution in [0, 0.1) is 17.1 Å². The molecule has 3 nitrogen and oxygen atoms in total. The van der Waals surface area contributed by atoms with Gasteiger partial charge in [0.25, 0.3) is 0 Å². The van der Waals surface area contributed by atoms with Crippen molar-refractivity contribution < 1.29 is 4.39 Å². The summed E-state index contributed by atoms with van der Waals surface area (Å²) in [5.41, 5.74) is 1.65. The van der Waals surface area contributed by atoms with Crippen molar-refractivity contribution in [2.75, 3.05) is 5.32 Å². The smallest absolute Gasteiger partial charge is 0.187 e. The Morgan fingerprint density at radius 3 is 3.06 bits per heavy atom. The first-order valence-corrected chi connectivity index (χ1v) is 6.54. The molecular weight excluding hydrogens is 249 g/mol. The van der Waals surface area contributed by atoms with Crippen LogP contribution in [-0.2, 0) is 12.8 Å². The summed E-state index contributed by atoms with van der Waals surface area (Å²) in [6, 6.07) is 6.43. The monoisotopic (exact) mass is 259 g/mol. The Labute approximate surface area is 108 Å². The van der Waals surface area contributed by atoms with E-state index in [1.807, 2.05) is 6.07 Å². The standard InChI is InChI=1S/C13H10FN3S/c14-9-3-1-4-10(8(9)7-15)16-13-17-11-5-2-6-12(11)18-13/h1,3-4H,2,5-6H2,(H,16,17). The van der Waals surface area contributed by atoms with Crippen LogP contribution in [0.2, 0.25) is 0 Å². The number of fused-ring (bicyclic) bond motifs is 1. The van der Waals surface area contributed by atoms with Gasteiger partial charge in [-0.2, -0.15) is 5.26 Å². The van der Waals surface area contributed by atoms with Crippen molar-refractivity contribution in [2.24, 2.45) is 0 Å². The molecule has 0 amide bonds. The summed E-state index contributed by atoms with van der Waals surface area (Å²) in [7, 11) is 0. The number of aryl methyl sites for hydroxylation is 2. The summed E-state index contributed by atoms with van der Waals surface area (Å²) in [4.78, 5) is 5.77. The van der Waals surface area contributed by atoms with Crippen molar-refractivity contribution >= 4 is 22.2 Å². The minimum atomic E-state index is -0.508. The maximum atomic E-state index is 13.4. The zero-order valence-corrected chi connectivity index (χ0v) is 10.4. The third-order valence-electron chi connectivity index (χ3n) is 2.96. The predicted molar refractivity (Wildman–Crippen MR) is 68.5 cm³/mol. The molecule has 0 spiro atoms. The molecule has 1 aromatic carbocycles. The third kappa shape index (κ3) is 1.85. The van der Waals surface area contributed by atoms with E-state index in [2.05, 4.69) is 10.3 Å². The number of rotatable bonds is 2. The maximum absolute atomic E-state index is 13.4. The molecule has 0 unspecified atom stereocenters. The molecule has 3 rings (SSSR count). The Kier molecular flexibility index (Phi) is 2.73. The first kappa shape index (κ1) is 11.2. The average Bonchev–Trinajstić information content (AvgIpc) is 2.90. The van der Waals surface area contributed by atoms with Gasteiger partial charge in [0, 0.05) is 4.88 Å². The Hall–Kier alpha value is -1.93. The molecular formula is C13H10FN3S. The van der Waals surface area contributed by atoms with Crippen molar-refractivity contribution in [3.05, 3.63) is 40.2 Å². The van der Waals surface area contributed by atoms with E-state index in [1.54, 1.807) is 23.5 Å². The zero-order valence-electron chi connectivity index (χ0n) is 9.53. The van der Waals surface area contributed by atoms with Crippen LogP contribution in [0.1, 0.15) is 22.6 Å². The Balaban J connectivity index is 1.93. The van der Waals surface area contributed by atoms with Crippen LogP contribution in [0.3, 0.4) is 0 Å². The molecule has 0 bridgehead atoms. The lowest BCUT2D eigenvalue weighted by molar-refractivity contribution is 0.624. The normalized spacial score (nSPS) is 13.1. The lowest BCUT2D eigenvalue weighted by atomic mass is 10.2. The van der Waals surface area contributed by atoms with Crippen LogP contribution in [0.4, 0.5) is 15.2 Å². The zero-order chi connectivity index (χ0) is 12.5. The van der Waals surface area contributed by atoms with Crippen molar-refractivity contribution in [2.45, 2.75) is 19.3 Å². The molecule has 0 saturated heterocycles. The number of hydrogen-bond acceptors (Lipinski definition) is 4. The van der Waals surface area contributed by atoms with E-state index in [1.165, 1.54) is 10.9 Å². The summed E-state index contributed by atoms with van der Waals surface area (Å²) in [5, 5.41) is 12.7. The highest BCUT2D eigenvalue weighted by molar-refractivity contribution is 7.15. The fourth-order valence-corrected chi connectivity index (χ4v) is 3.16. The van der Waals surface area contributed by atoms with Crippen molar-refractivity contribution in [3.8, 4) is 6.07 Å². The SMILES string of the molecule is N#Cc1c(F)cccc1Nc1nc2c(s1)CCC2. The van der Waals surface area contributed by atoms with Crippen LogP contribution >= 0.6 is 11.3 Å². The molecule has 1 aromatic heterocycles. The van der Waals surface area contributed by atoms with E-state index in [0.29, 0.717) is 5.69 Å². The number of nitrogens with one attached hydrogen (secondary N) is 1. The van der Waals surface area contributed by atoms with Crippen LogP contribution in [0.15, 0.2) is 18.2 Å². The number of nitrogens with zero attached hydrogens (tertiary/aromatic N) is 2. The molecule has 90 valence electrons. The van der Waals surface area contributed by atoms with Gasteiger partial charge in [-0.3, -0.25) is 0 Å². The second-order valence-corrected chi connectivity index (χ2v) is 5.23. The largest absolute Gasteiger partial charge is 0.330 e. The van der Waals surface area contributed by atoms with Gasteiger partial charge in [0.05, 0.1) is 11.4 Å². The fourth-order valence-electron chi connectivity index (χ4n) is 2.10. The Morgan fingerprint density at radius 2 is 2.28 bits per heavy atom. The second kappa shape index (κ2) is 4.39. The van der Waals surface area contributed by atoms with Gasteiger partial charge in [-0.05, 0) is 31.4 Å². The number of benzene rings is 1. The van der Waals surface area contributed by atoms with Gasteiger partial charge >= 0.3 is 0 Å². The number of thiazole rings is 1. The topological polar surface area (TPSA) is 48.7 Å². The predicted octanol–water partition coefficient (Wildman–Crippen LogP) is 3.39. The molecule has 5 heteroatoms. The van der Waals surface area contributed by atoms with Crippen molar-refractivity contribution in [3.63, 3.8) is 0 Å². The highest BCUT2D eigenvalue weighted by Crippen LogP contribution is 2.32. The van der Waals surface area contributed by atoms with E-state index in [0.717, 1.165) is 30.1 Å². The van der Waals surface area contributed by atoms with E-state index < -0.39 is 5.82 Å². The van der Waals surface area contributed by atoms with Gasteiger partial charge in [0.2, 0.25) is 0 Å². The Morgan fingerprint density at radius 1 is 1.39 bits per heavy atom. The van der Waals surface area contributed by atoms with Gasteiger partial charge in [0.15, 0.2) is 5.13 Å². The average molecular weight is 259 g/mol. The number of anilines is 2. The summed E-state index contributed by atoms with van der Waals surface area (Å²) in [5.74, 6) is -0.508. The van der Waals surface area contributed by atoms with Crippen LogP contribution in [-0.4, -0.2) is 4.98 Å². The van der Waals surface area contributed by atoms with E-state index >= 15 is 0 Å². The van der Waals surface area contributed by atoms with Crippen molar-refractivity contribution in [1.29, 1.82) is 5.26 Å². The lowest BCUT2D eigenvalue weighted by Gasteiger charge is -2.05.